The molecule has 170 valence electrons. The molecule has 2 amide bonds. The highest BCUT2D eigenvalue weighted by Gasteiger charge is 2.36. The van der Waals surface area contributed by atoms with Crippen LogP contribution in [-0.2, 0) is 14.8 Å². The molecule has 1 N–H and O–H groups in total. The molecular formula is C21H21ClFN3O4S2. The largest absolute Gasteiger partial charge is 0.338 e. The van der Waals surface area contributed by atoms with Gasteiger partial charge in [-0.1, -0.05) is 17.7 Å². The van der Waals surface area contributed by atoms with Gasteiger partial charge in [0, 0.05) is 36.0 Å². The van der Waals surface area contributed by atoms with Gasteiger partial charge in [0.1, 0.15) is 11.9 Å². The van der Waals surface area contributed by atoms with Crippen LogP contribution in [0.2, 0.25) is 4.34 Å². The Morgan fingerprint density at radius 1 is 1.41 bits per heavy atom. The van der Waals surface area contributed by atoms with Gasteiger partial charge in [0.25, 0.3) is 5.91 Å². The van der Waals surface area contributed by atoms with Crippen LogP contribution < -0.4 is 9.62 Å². The van der Waals surface area contributed by atoms with E-state index in [0.29, 0.717) is 15.8 Å². The standard InChI is InChI=1S/C21H21ClFN3O4S2/c1-3-10-25(2)20(27)14-4-6-18(16(23)13-14)26-11-8-17(21(26)28)24-32(29,30)12-9-15-5-7-19(22)31-15/h3-7,9,12-13,17,24H,1,8,10-11H2,2H3. The van der Waals surface area contributed by atoms with Crippen molar-refractivity contribution in [2.75, 3.05) is 25.0 Å². The van der Waals surface area contributed by atoms with Crippen LogP contribution in [0, 0.1) is 5.82 Å². The lowest BCUT2D eigenvalue weighted by molar-refractivity contribution is -0.118. The Balaban J connectivity index is 1.70. The van der Waals surface area contributed by atoms with Gasteiger partial charge in [0.05, 0.1) is 10.0 Å². The zero-order chi connectivity index (χ0) is 23.5. The molecule has 1 aliphatic rings. The highest BCUT2D eigenvalue weighted by Crippen LogP contribution is 2.27. The number of carbonyl (C=O) groups is 2. The first-order valence-corrected chi connectivity index (χ1v) is 12.3. The number of sulfonamides is 1. The number of nitrogens with zero attached hydrogens (tertiary/aromatic N) is 2. The zero-order valence-electron chi connectivity index (χ0n) is 17.1. The molecule has 1 aromatic carbocycles. The molecule has 1 atom stereocenters. The normalized spacial score (nSPS) is 16.7. The molecule has 1 unspecified atom stereocenters. The average Bonchev–Trinajstić information content (AvgIpc) is 3.31. The van der Waals surface area contributed by atoms with Gasteiger partial charge in [0.15, 0.2) is 0 Å². The highest BCUT2D eigenvalue weighted by atomic mass is 35.5. The number of anilines is 1. The number of hydrogen-bond acceptors (Lipinski definition) is 5. The Morgan fingerprint density at radius 2 is 2.16 bits per heavy atom. The summed E-state index contributed by atoms with van der Waals surface area (Å²) in [6.07, 6.45) is 3.12. The maximum atomic E-state index is 14.7. The molecule has 1 aromatic heterocycles. The van der Waals surface area contributed by atoms with E-state index in [1.54, 1.807) is 25.3 Å². The molecule has 1 fully saturated rings. The zero-order valence-corrected chi connectivity index (χ0v) is 19.5. The summed E-state index contributed by atoms with van der Waals surface area (Å²) in [5.74, 6) is -1.69. The Bertz CT molecular complexity index is 1180. The molecule has 7 nitrogen and oxygen atoms in total. The van der Waals surface area contributed by atoms with Gasteiger partial charge in [-0.25, -0.2) is 12.8 Å². The third kappa shape index (κ3) is 5.63. The Kier molecular flexibility index (Phi) is 7.50. The third-order valence-corrected chi connectivity index (χ3v) is 7.06. The van der Waals surface area contributed by atoms with Crippen LogP contribution in [0.3, 0.4) is 0 Å². The third-order valence-electron chi connectivity index (χ3n) is 4.75. The van der Waals surface area contributed by atoms with E-state index in [-0.39, 0.29) is 30.1 Å². The minimum Gasteiger partial charge on any atom is -0.338 e. The molecule has 0 spiro atoms. The summed E-state index contributed by atoms with van der Waals surface area (Å²) in [4.78, 5) is 28.2. The molecule has 1 aliphatic heterocycles. The molecule has 32 heavy (non-hydrogen) atoms. The molecule has 1 saturated heterocycles. The van der Waals surface area contributed by atoms with Gasteiger partial charge in [-0.3, -0.25) is 9.59 Å². The number of likely N-dealkylation sites (N-methyl/N-ethyl adjacent to an activating group) is 1. The van der Waals surface area contributed by atoms with Crippen LogP contribution in [0.5, 0.6) is 0 Å². The van der Waals surface area contributed by atoms with Crippen LogP contribution in [0.4, 0.5) is 10.1 Å². The number of thiophene rings is 1. The van der Waals surface area contributed by atoms with E-state index >= 15 is 0 Å². The van der Waals surface area contributed by atoms with Gasteiger partial charge in [0.2, 0.25) is 15.9 Å². The minimum absolute atomic E-state index is 0.0107. The van der Waals surface area contributed by atoms with E-state index in [1.807, 2.05) is 0 Å². The monoisotopic (exact) mass is 497 g/mol. The first-order valence-electron chi connectivity index (χ1n) is 9.54. The van der Waals surface area contributed by atoms with Crippen LogP contribution in [0.25, 0.3) is 6.08 Å². The number of benzene rings is 1. The van der Waals surface area contributed by atoms with Gasteiger partial charge >= 0.3 is 0 Å². The highest BCUT2D eigenvalue weighted by molar-refractivity contribution is 7.92. The van der Waals surface area contributed by atoms with Crippen LogP contribution in [0.15, 0.2) is 48.4 Å². The van der Waals surface area contributed by atoms with Crippen LogP contribution >= 0.6 is 22.9 Å². The fourth-order valence-corrected chi connectivity index (χ4v) is 5.27. The molecule has 2 heterocycles. The summed E-state index contributed by atoms with van der Waals surface area (Å²) in [5, 5.41) is 0.964. The van der Waals surface area contributed by atoms with Gasteiger partial charge < -0.3 is 9.80 Å². The SMILES string of the molecule is C=CCN(C)C(=O)c1ccc(N2CCC(NS(=O)(=O)C=Cc3ccc(Cl)s3)C2=O)c(F)c1. The van der Waals surface area contributed by atoms with Crippen molar-refractivity contribution in [1.29, 1.82) is 0 Å². The van der Waals surface area contributed by atoms with Crippen molar-refractivity contribution in [3.8, 4) is 0 Å². The number of halogens is 2. The topological polar surface area (TPSA) is 86.8 Å². The number of hydrogen-bond donors (Lipinski definition) is 1. The molecule has 11 heteroatoms. The van der Waals surface area contributed by atoms with Crippen molar-refractivity contribution >= 4 is 56.5 Å². The quantitative estimate of drug-likeness (QED) is 0.565. The number of amides is 2. The number of rotatable bonds is 8. The fraction of sp³-hybridized carbons (Fsp3) is 0.238. The summed E-state index contributed by atoms with van der Waals surface area (Å²) in [6.45, 7) is 4.00. The second-order valence-electron chi connectivity index (χ2n) is 7.08. The molecule has 3 rings (SSSR count). The molecule has 2 aromatic rings. The Morgan fingerprint density at radius 3 is 2.78 bits per heavy atom. The Labute approximate surface area is 194 Å². The van der Waals surface area contributed by atoms with E-state index in [1.165, 1.54) is 39.3 Å². The van der Waals surface area contributed by atoms with Crippen molar-refractivity contribution in [1.82, 2.24) is 9.62 Å². The van der Waals surface area contributed by atoms with E-state index in [9.17, 15) is 22.4 Å². The predicted octanol–water partition coefficient (Wildman–Crippen LogP) is 3.49. The smallest absolute Gasteiger partial charge is 0.253 e. The molecule has 0 aliphatic carbocycles. The van der Waals surface area contributed by atoms with Crippen LogP contribution in [0.1, 0.15) is 21.7 Å². The summed E-state index contributed by atoms with van der Waals surface area (Å²) in [5.41, 5.74) is 0.127. The fourth-order valence-electron chi connectivity index (χ4n) is 3.20. The number of nitrogens with one attached hydrogen (secondary N) is 1. The van der Waals surface area contributed by atoms with Crippen molar-refractivity contribution in [3.63, 3.8) is 0 Å². The molecule has 0 bridgehead atoms. The van der Waals surface area contributed by atoms with Gasteiger partial charge in [-0.05, 0) is 42.8 Å². The first kappa shape index (κ1) is 24.1. The van der Waals surface area contributed by atoms with E-state index in [4.69, 9.17) is 11.6 Å². The summed E-state index contributed by atoms with van der Waals surface area (Å²) < 4.78 is 42.3. The van der Waals surface area contributed by atoms with Crippen molar-refractivity contribution in [2.45, 2.75) is 12.5 Å². The van der Waals surface area contributed by atoms with Gasteiger partial charge in [-0.15, -0.1) is 17.9 Å². The summed E-state index contributed by atoms with van der Waals surface area (Å²) in [6, 6.07) is 6.15. The molecular weight excluding hydrogens is 477 g/mol. The molecule has 0 radical (unpaired) electrons. The lowest BCUT2D eigenvalue weighted by atomic mass is 10.1. The summed E-state index contributed by atoms with van der Waals surface area (Å²) >= 11 is 7.04. The van der Waals surface area contributed by atoms with E-state index in [2.05, 4.69) is 11.3 Å². The van der Waals surface area contributed by atoms with Gasteiger partial charge in [-0.2, -0.15) is 4.72 Å². The van der Waals surface area contributed by atoms with E-state index < -0.39 is 27.8 Å². The van der Waals surface area contributed by atoms with Crippen molar-refractivity contribution in [2.24, 2.45) is 0 Å². The molecule has 0 saturated carbocycles. The lowest BCUT2D eigenvalue weighted by Crippen LogP contribution is -2.41. The Hall–Kier alpha value is -2.53. The summed E-state index contributed by atoms with van der Waals surface area (Å²) in [7, 11) is -2.33. The minimum atomic E-state index is -3.90. The second kappa shape index (κ2) is 9.95. The maximum Gasteiger partial charge on any atom is 0.253 e. The average molecular weight is 498 g/mol. The van der Waals surface area contributed by atoms with Crippen LogP contribution in [-0.4, -0.2) is 51.3 Å². The van der Waals surface area contributed by atoms with E-state index in [0.717, 1.165) is 11.5 Å². The predicted molar refractivity (Wildman–Crippen MR) is 125 cm³/mol. The lowest BCUT2D eigenvalue weighted by Gasteiger charge is -2.19. The van der Waals surface area contributed by atoms with Crippen molar-refractivity contribution < 1.29 is 22.4 Å². The number of carbonyl (C=O) groups excluding carboxylic acids is 2. The van der Waals surface area contributed by atoms with Crippen molar-refractivity contribution in [3.05, 3.63) is 69.0 Å². The maximum absolute atomic E-state index is 14.7. The second-order valence-corrected chi connectivity index (χ2v) is 10.4. The first-order chi connectivity index (χ1) is 15.1.